The second-order valence-corrected chi connectivity index (χ2v) is 5.95. The van der Waals surface area contributed by atoms with Crippen LogP contribution >= 0.6 is 0 Å². The van der Waals surface area contributed by atoms with Crippen LogP contribution in [-0.2, 0) is 12.8 Å². The van der Waals surface area contributed by atoms with Crippen LogP contribution in [-0.4, -0.2) is 11.1 Å². The molecule has 0 unspecified atom stereocenters. The number of benzene rings is 2. The maximum absolute atomic E-state index is 10.9. The summed E-state index contributed by atoms with van der Waals surface area (Å²) in [6.07, 6.45) is 7.09. The Labute approximate surface area is 131 Å². The van der Waals surface area contributed by atoms with Crippen molar-refractivity contribution in [2.75, 3.05) is 0 Å². The van der Waals surface area contributed by atoms with Crippen LogP contribution in [0.4, 0.5) is 0 Å². The van der Waals surface area contributed by atoms with Gasteiger partial charge >= 0.3 is 5.97 Å². The lowest BCUT2D eigenvalue weighted by atomic mass is 9.89. The van der Waals surface area contributed by atoms with E-state index in [1.54, 1.807) is 12.1 Å². The number of allylic oxidation sites excluding steroid dienone is 1. The van der Waals surface area contributed by atoms with Gasteiger partial charge in [0.1, 0.15) is 0 Å². The topological polar surface area (TPSA) is 37.3 Å². The Bertz CT molecular complexity index is 724. The molecule has 1 aliphatic carbocycles. The lowest BCUT2D eigenvalue weighted by Gasteiger charge is -2.16. The second kappa shape index (κ2) is 6.18. The summed E-state index contributed by atoms with van der Waals surface area (Å²) in [5.74, 6) is -0.887. The highest BCUT2D eigenvalue weighted by molar-refractivity contribution is 5.88. The summed E-state index contributed by atoms with van der Waals surface area (Å²) in [7, 11) is 0. The van der Waals surface area contributed by atoms with Crippen molar-refractivity contribution in [1.82, 2.24) is 0 Å². The van der Waals surface area contributed by atoms with Crippen LogP contribution in [0.3, 0.4) is 0 Å². The summed E-state index contributed by atoms with van der Waals surface area (Å²) in [4.78, 5) is 10.9. The zero-order valence-electron chi connectivity index (χ0n) is 12.8. The Hall–Kier alpha value is -2.35. The molecule has 2 aromatic rings. The highest BCUT2D eigenvalue weighted by Gasteiger charge is 2.10. The van der Waals surface area contributed by atoms with Crippen LogP contribution in [0.5, 0.6) is 0 Å². The molecule has 0 spiro atoms. The summed E-state index contributed by atoms with van der Waals surface area (Å²) in [6.45, 7) is 2.11. The minimum atomic E-state index is -0.887. The van der Waals surface area contributed by atoms with Gasteiger partial charge in [-0.25, -0.2) is 4.79 Å². The predicted molar refractivity (Wildman–Crippen MR) is 90.0 cm³/mol. The molecule has 1 N–H and O–H groups in total. The van der Waals surface area contributed by atoms with E-state index in [1.807, 2.05) is 12.1 Å². The maximum atomic E-state index is 10.9. The first kappa shape index (κ1) is 14.6. The SMILES string of the molecule is C/C(=C/c1ccc(C(=O)O)cc1)c1ccc2c(c1)CCCC2. The van der Waals surface area contributed by atoms with Gasteiger partial charge in [-0.15, -0.1) is 0 Å². The monoisotopic (exact) mass is 292 g/mol. The molecule has 0 fully saturated rings. The van der Waals surface area contributed by atoms with E-state index in [9.17, 15) is 4.79 Å². The van der Waals surface area contributed by atoms with Crippen LogP contribution in [0.1, 0.15) is 52.4 Å². The molecule has 0 bridgehead atoms. The first-order valence-corrected chi connectivity index (χ1v) is 7.77. The van der Waals surface area contributed by atoms with E-state index < -0.39 is 5.97 Å². The summed E-state index contributed by atoms with van der Waals surface area (Å²) < 4.78 is 0. The number of hydrogen-bond donors (Lipinski definition) is 1. The van der Waals surface area contributed by atoms with E-state index in [0.29, 0.717) is 5.56 Å². The molecule has 0 atom stereocenters. The molecule has 2 heteroatoms. The molecule has 112 valence electrons. The zero-order valence-corrected chi connectivity index (χ0v) is 12.8. The molecule has 2 nitrogen and oxygen atoms in total. The van der Waals surface area contributed by atoms with Gasteiger partial charge in [0.25, 0.3) is 0 Å². The number of carbonyl (C=O) groups is 1. The van der Waals surface area contributed by atoms with Crippen LogP contribution in [0.15, 0.2) is 42.5 Å². The molecular formula is C20H20O2. The average molecular weight is 292 g/mol. The van der Waals surface area contributed by atoms with Crippen molar-refractivity contribution < 1.29 is 9.90 Å². The van der Waals surface area contributed by atoms with Crippen LogP contribution in [0, 0.1) is 0 Å². The van der Waals surface area contributed by atoms with Gasteiger partial charge in [0, 0.05) is 0 Å². The molecule has 0 aliphatic heterocycles. The smallest absolute Gasteiger partial charge is 0.335 e. The largest absolute Gasteiger partial charge is 0.478 e. The Morgan fingerprint density at radius 2 is 1.59 bits per heavy atom. The molecular weight excluding hydrogens is 272 g/mol. The van der Waals surface area contributed by atoms with Crippen molar-refractivity contribution in [3.05, 3.63) is 70.3 Å². The number of fused-ring (bicyclic) bond motifs is 1. The lowest BCUT2D eigenvalue weighted by molar-refractivity contribution is 0.0697. The van der Waals surface area contributed by atoms with E-state index >= 15 is 0 Å². The number of aromatic carboxylic acids is 1. The number of hydrogen-bond acceptors (Lipinski definition) is 1. The van der Waals surface area contributed by atoms with Crippen molar-refractivity contribution in [2.24, 2.45) is 0 Å². The molecule has 0 saturated carbocycles. The molecule has 0 saturated heterocycles. The van der Waals surface area contributed by atoms with Crippen molar-refractivity contribution in [1.29, 1.82) is 0 Å². The van der Waals surface area contributed by atoms with Gasteiger partial charge in [0.2, 0.25) is 0 Å². The van der Waals surface area contributed by atoms with E-state index in [1.165, 1.54) is 47.9 Å². The molecule has 22 heavy (non-hydrogen) atoms. The van der Waals surface area contributed by atoms with Crippen molar-refractivity contribution >= 4 is 17.6 Å². The minimum absolute atomic E-state index is 0.323. The summed E-state index contributed by atoms with van der Waals surface area (Å²) in [6, 6.07) is 13.8. The Morgan fingerprint density at radius 1 is 0.955 bits per heavy atom. The van der Waals surface area contributed by atoms with Crippen LogP contribution in [0.25, 0.3) is 11.6 Å². The number of aryl methyl sites for hydroxylation is 2. The third-order valence-electron chi connectivity index (χ3n) is 4.34. The van der Waals surface area contributed by atoms with E-state index in [2.05, 4.69) is 31.2 Å². The Balaban J connectivity index is 1.86. The van der Waals surface area contributed by atoms with Crippen molar-refractivity contribution in [3.63, 3.8) is 0 Å². The number of rotatable bonds is 3. The highest BCUT2D eigenvalue weighted by atomic mass is 16.4. The van der Waals surface area contributed by atoms with Crippen LogP contribution in [0.2, 0.25) is 0 Å². The molecule has 0 amide bonds. The molecule has 0 heterocycles. The maximum Gasteiger partial charge on any atom is 0.335 e. The Morgan fingerprint density at radius 3 is 2.27 bits per heavy atom. The van der Waals surface area contributed by atoms with Crippen molar-refractivity contribution in [2.45, 2.75) is 32.6 Å². The lowest BCUT2D eigenvalue weighted by Crippen LogP contribution is -2.02. The standard InChI is InChI=1S/C20H20O2/c1-14(12-15-6-8-17(9-7-15)20(21)22)18-11-10-16-4-2-3-5-19(16)13-18/h6-13H,2-5H2,1H3,(H,21,22)/b14-12-. The fourth-order valence-electron chi connectivity index (χ4n) is 3.03. The van der Waals surface area contributed by atoms with E-state index in [-0.39, 0.29) is 0 Å². The Kier molecular flexibility index (Phi) is 4.10. The van der Waals surface area contributed by atoms with Gasteiger partial charge in [-0.2, -0.15) is 0 Å². The van der Waals surface area contributed by atoms with E-state index in [4.69, 9.17) is 5.11 Å². The molecule has 3 rings (SSSR count). The van der Waals surface area contributed by atoms with Gasteiger partial charge in [-0.05, 0) is 72.6 Å². The fourth-order valence-corrected chi connectivity index (χ4v) is 3.03. The highest BCUT2D eigenvalue weighted by Crippen LogP contribution is 2.26. The minimum Gasteiger partial charge on any atom is -0.478 e. The summed E-state index contributed by atoms with van der Waals surface area (Å²) in [5.41, 5.74) is 6.79. The van der Waals surface area contributed by atoms with Gasteiger partial charge in [-0.3, -0.25) is 0 Å². The number of carboxylic acids is 1. The normalized spacial score (nSPS) is 14.5. The predicted octanol–water partition coefficient (Wildman–Crippen LogP) is 4.82. The first-order valence-electron chi connectivity index (χ1n) is 7.77. The summed E-state index contributed by atoms with van der Waals surface area (Å²) >= 11 is 0. The van der Waals surface area contributed by atoms with Gasteiger partial charge < -0.3 is 5.11 Å². The quantitative estimate of drug-likeness (QED) is 0.823. The molecule has 2 aromatic carbocycles. The van der Waals surface area contributed by atoms with Gasteiger partial charge in [0.05, 0.1) is 5.56 Å². The number of carboxylic acid groups (broad SMARTS) is 1. The molecule has 0 radical (unpaired) electrons. The summed E-state index contributed by atoms with van der Waals surface area (Å²) in [5, 5.41) is 8.93. The first-order chi connectivity index (χ1) is 10.6. The van der Waals surface area contributed by atoms with Gasteiger partial charge in [0.15, 0.2) is 0 Å². The van der Waals surface area contributed by atoms with Gasteiger partial charge in [-0.1, -0.05) is 36.4 Å². The van der Waals surface area contributed by atoms with Crippen LogP contribution < -0.4 is 0 Å². The second-order valence-electron chi connectivity index (χ2n) is 5.95. The average Bonchev–Trinajstić information content (AvgIpc) is 2.55. The molecule has 0 aromatic heterocycles. The van der Waals surface area contributed by atoms with E-state index in [0.717, 1.165) is 5.56 Å². The fraction of sp³-hybridized carbons (Fsp3) is 0.250. The molecule has 1 aliphatic rings. The third-order valence-corrected chi connectivity index (χ3v) is 4.34. The van der Waals surface area contributed by atoms with Crippen molar-refractivity contribution in [3.8, 4) is 0 Å². The zero-order chi connectivity index (χ0) is 15.5. The third kappa shape index (κ3) is 3.11.